The topological polar surface area (TPSA) is 89.5 Å². The number of amides is 2. The third-order valence-electron chi connectivity index (χ3n) is 6.16. The molecule has 1 aliphatic heterocycles. The lowest BCUT2D eigenvalue weighted by Crippen LogP contribution is -2.42. The van der Waals surface area contributed by atoms with Gasteiger partial charge in [0.15, 0.2) is 0 Å². The standard InChI is InChI=1S/C24H26N2O4/c27-22(19-8-2-3-9-20(19)24(29)30)25-18-13-11-17(12-14-18)23(28)26-15-5-7-16-6-1-4-10-21(16)26/h1,4,6,10-14,19-20H,2-3,5,7-9,15H2,(H,25,27)(H,29,30)/p-1/t19-,20-/m1/s1. The summed E-state index contributed by atoms with van der Waals surface area (Å²) in [4.78, 5) is 38.8. The van der Waals surface area contributed by atoms with Gasteiger partial charge in [-0.2, -0.15) is 0 Å². The molecule has 4 rings (SSSR count). The lowest BCUT2D eigenvalue weighted by molar-refractivity contribution is -0.313. The lowest BCUT2D eigenvalue weighted by Gasteiger charge is -2.31. The Kier molecular flexibility index (Phi) is 5.84. The molecule has 156 valence electrons. The number of benzene rings is 2. The van der Waals surface area contributed by atoms with Crippen LogP contribution < -0.4 is 15.3 Å². The van der Waals surface area contributed by atoms with Gasteiger partial charge in [0.05, 0.1) is 0 Å². The van der Waals surface area contributed by atoms with Crippen LogP contribution in [-0.2, 0) is 16.0 Å². The molecule has 0 spiro atoms. The molecule has 2 atom stereocenters. The number of hydrogen-bond donors (Lipinski definition) is 1. The highest BCUT2D eigenvalue weighted by molar-refractivity contribution is 6.07. The number of nitrogens with one attached hydrogen (secondary N) is 1. The molecule has 0 radical (unpaired) electrons. The summed E-state index contributed by atoms with van der Waals surface area (Å²) < 4.78 is 0. The van der Waals surface area contributed by atoms with Gasteiger partial charge in [-0.3, -0.25) is 9.59 Å². The van der Waals surface area contributed by atoms with Crippen molar-refractivity contribution < 1.29 is 19.5 Å². The summed E-state index contributed by atoms with van der Waals surface area (Å²) in [6, 6.07) is 14.7. The summed E-state index contributed by atoms with van der Waals surface area (Å²) in [6.45, 7) is 0.681. The van der Waals surface area contributed by atoms with E-state index in [0.29, 0.717) is 30.6 Å². The maximum Gasteiger partial charge on any atom is 0.258 e. The van der Waals surface area contributed by atoms with E-state index in [9.17, 15) is 19.5 Å². The van der Waals surface area contributed by atoms with Gasteiger partial charge in [-0.05, 0) is 61.6 Å². The number of carboxylic acids is 1. The van der Waals surface area contributed by atoms with Crippen LogP contribution in [0.2, 0.25) is 0 Å². The van der Waals surface area contributed by atoms with E-state index in [4.69, 9.17) is 0 Å². The van der Waals surface area contributed by atoms with E-state index >= 15 is 0 Å². The summed E-state index contributed by atoms with van der Waals surface area (Å²) in [5, 5.41) is 14.1. The Hall–Kier alpha value is -3.15. The zero-order valence-corrected chi connectivity index (χ0v) is 16.8. The molecule has 2 aromatic carbocycles. The highest BCUT2D eigenvalue weighted by Gasteiger charge is 2.32. The lowest BCUT2D eigenvalue weighted by atomic mass is 9.78. The van der Waals surface area contributed by atoms with E-state index in [2.05, 4.69) is 11.4 Å². The molecule has 2 aliphatic rings. The maximum atomic E-state index is 13.0. The molecule has 0 unspecified atom stereocenters. The molecule has 0 aromatic heterocycles. The molecule has 30 heavy (non-hydrogen) atoms. The van der Waals surface area contributed by atoms with Crippen LogP contribution in [0.15, 0.2) is 48.5 Å². The predicted octanol–water partition coefficient (Wildman–Crippen LogP) is 2.77. The van der Waals surface area contributed by atoms with Crippen molar-refractivity contribution in [1.82, 2.24) is 0 Å². The van der Waals surface area contributed by atoms with Gasteiger partial charge in [0.1, 0.15) is 0 Å². The number of anilines is 2. The van der Waals surface area contributed by atoms with Crippen LogP contribution >= 0.6 is 0 Å². The molecule has 0 bridgehead atoms. The number of carbonyl (C=O) groups is 3. The van der Waals surface area contributed by atoms with Crippen molar-refractivity contribution in [3.8, 4) is 0 Å². The van der Waals surface area contributed by atoms with E-state index in [1.54, 1.807) is 29.2 Å². The minimum absolute atomic E-state index is 0.0654. The van der Waals surface area contributed by atoms with Crippen molar-refractivity contribution in [1.29, 1.82) is 0 Å². The SMILES string of the molecule is O=C([O-])[C@@H]1CCCC[C@H]1C(=O)Nc1ccc(C(=O)N2CCCc3ccccc32)cc1. The Morgan fingerprint density at radius 1 is 0.900 bits per heavy atom. The smallest absolute Gasteiger partial charge is 0.258 e. The minimum atomic E-state index is -1.15. The van der Waals surface area contributed by atoms with E-state index < -0.39 is 17.8 Å². The maximum absolute atomic E-state index is 13.0. The van der Waals surface area contributed by atoms with Gasteiger partial charge in [0.25, 0.3) is 5.91 Å². The number of para-hydroxylation sites is 1. The minimum Gasteiger partial charge on any atom is -0.550 e. The second kappa shape index (κ2) is 8.69. The van der Waals surface area contributed by atoms with Crippen molar-refractivity contribution in [2.75, 3.05) is 16.8 Å². The first kappa shape index (κ1) is 20.1. The van der Waals surface area contributed by atoms with Crippen LogP contribution in [-0.4, -0.2) is 24.3 Å². The Balaban J connectivity index is 1.45. The number of aryl methyl sites for hydroxylation is 1. The van der Waals surface area contributed by atoms with Crippen LogP contribution in [0.1, 0.15) is 48.0 Å². The third kappa shape index (κ3) is 4.08. The second-order valence-corrected chi connectivity index (χ2v) is 8.07. The highest BCUT2D eigenvalue weighted by Crippen LogP contribution is 2.31. The number of carbonyl (C=O) groups excluding carboxylic acids is 3. The van der Waals surface area contributed by atoms with Crippen LogP contribution in [0.4, 0.5) is 11.4 Å². The normalized spacial score (nSPS) is 20.9. The quantitative estimate of drug-likeness (QED) is 0.847. The summed E-state index contributed by atoms with van der Waals surface area (Å²) >= 11 is 0. The summed E-state index contributed by atoms with van der Waals surface area (Å²) in [7, 11) is 0. The van der Waals surface area contributed by atoms with Crippen molar-refractivity contribution in [3.63, 3.8) is 0 Å². The first-order chi connectivity index (χ1) is 14.5. The Morgan fingerprint density at radius 2 is 1.60 bits per heavy atom. The van der Waals surface area contributed by atoms with Gasteiger partial charge < -0.3 is 20.1 Å². The van der Waals surface area contributed by atoms with Gasteiger partial charge in [-0.1, -0.05) is 31.0 Å². The largest absolute Gasteiger partial charge is 0.550 e. The molecular weight excluding hydrogens is 380 g/mol. The number of aliphatic carboxylic acids is 1. The highest BCUT2D eigenvalue weighted by atomic mass is 16.4. The monoisotopic (exact) mass is 405 g/mol. The molecule has 2 aromatic rings. The number of nitrogens with zero attached hydrogens (tertiary/aromatic N) is 1. The fraction of sp³-hybridized carbons (Fsp3) is 0.375. The third-order valence-corrected chi connectivity index (χ3v) is 6.16. The average Bonchev–Trinajstić information content (AvgIpc) is 2.78. The average molecular weight is 405 g/mol. The first-order valence-electron chi connectivity index (χ1n) is 10.6. The number of hydrogen-bond acceptors (Lipinski definition) is 4. The molecule has 1 saturated carbocycles. The molecule has 2 amide bonds. The van der Waals surface area contributed by atoms with Gasteiger partial charge >= 0.3 is 0 Å². The van der Waals surface area contributed by atoms with Crippen LogP contribution in [0.3, 0.4) is 0 Å². The van der Waals surface area contributed by atoms with Crippen molar-refractivity contribution in [2.24, 2.45) is 11.8 Å². The Morgan fingerprint density at radius 3 is 2.33 bits per heavy atom. The molecule has 1 aliphatic carbocycles. The molecule has 1 fully saturated rings. The molecule has 1 heterocycles. The summed E-state index contributed by atoms with van der Waals surface area (Å²) in [5.74, 6) is -2.83. The number of rotatable bonds is 4. The van der Waals surface area contributed by atoms with Crippen molar-refractivity contribution >= 4 is 29.2 Å². The molecule has 0 saturated heterocycles. The molecular formula is C24H25N2O4-. The fourth-order valence-electron chi connectivity index (χ4n) is 4.56. The molecule has 6 heteroatoms. The van der Waals surface area contributed by atoms with E-state index in [-0.39, 0.29) is 11.8 Å². The zero-order chi connectivity index (χ0) is 21.1. The van der Waals surface area contributed by atoms with Crippen molar-refractivity contribution in [2.45, 2.75) is 38.5 Å². The first-order valence-corrected chi connectivity index (χ1v) is 10.6. The Labute approximate surface area is 175 Å². The Bertz CT molecular complexity index is 954. The summed E-state index contributed by atoms with van der Waals surface area (Å²) in [6.07, 6.45) is 4.57. The van der Waals surface area contributed by atoms with Gasteiger partial charge in [0, 0.05) is 41.3 Å². The second-order valence-electron chi connectivity index (χ2n) is 8.07. The van der Waals surface area contributed by atoms with Gasteiger partial charge in [-0.15, -0.1) is 0 Å². The van der Waals surface area contributed by atoms with E-state index in [0.717, 1.165) is 31.4 Å². The fourth-order valence-corrected chi connectivity index (χ4v) is 4.56. The van der Waals surface area contributed by atoms with Gasteiger partial charge in [0.2, 0.25) is 5.91 Å². The molecule has 6 nitrogen and oxygen atoms in total. The predicted molar refractivity (Wildman–Crippen MR) is 112 cm³/mol. The summed E-state index contributed by atoms with van der Waals surface area (Å²) in [5.41, 5.74) is 3.24. The van der Waals surface area contributed by atoms with Gasteiger partial charge in [-0.25, -0.2) is 0 Å². The van der Waals surface area contributed by atoms with Crippen LogP contribution in [0.5, 0.6) is 0 Å². The number of fused-ring (bicyclic) bond motifs is 1. The number of carboxylic acid groups (broad SMARTS) is 1. The zero-order valence-electron chi connectivity index (χ0n) is 16.8. The van der Waals surface area contributed by atoms with Crippen LogP contribution in [0, 0.1) is 11.8 Å². The van der Waals surface area contributed by atoms with E-state index in [1.165, 1.54) is 5.56 Å². The van der Waals surface area contributed by atoms with Crippen LogP contribution in [0.25, 0.3) is 0 Å². The molecule has 1 N–H and O–H groups in total. The van der Waals surface area contributed by atoms with E-state index in [1.807, 2.05) is 18.2 Å². The van der Waals surface area contributed by atoms with Crippen molar-refractivity contribution in [3.05, 3.63) is 59.7 Å².